The Bertz CT molecular complexity index is 904. The number of fused-ring (bicyclic) bond motifs is 1. The molecule has 0 aromatic heterocycles. The Morgan fingerprint density at radius 1 is 0.966 bits per heavy atom. The van der Waals surface area contributed by atoms with Crippen LogP contribution in [0, 0.1) is 5.92 Å². The highest BCUT2D eigenvalue weighted by Crippen LogP contribution is 2.20. The first-order chi connectivity index (χ1) is 13.9. The Morgan fingerprint density at radius 3 is 2.28 bits per heavy atom. The Kier molecular flexibility index (Phi) is 7.70. The van der Waals surface area contributed by atoms with Crippen LogP contribution in [0.5, 0.6) is 0 Å². The first kappa shape index (κ1) is 21.9. The molecule has 0 unspecified atom stereocenters. The number of hydrogen-bond donors (Lipinski definition) is 2. The van der Waals surface area contributed by atoms with Gasteiger partial charge in [0, 0.05) is 5.56 Å². The fraction of sp³-hybridized carbons (Fsp3) is 0.333. The summed E-state index contributed by atoms with van der Waals surface area (Å²) in [6, 6.07) is 10.5. The summed E-state index contributed by atoms with van der Waals surface area (Å²) in [5.74, 6) is -5.21. The molecule has 0 aliphatic rings. The van der Waals surface area contributed by atoms with Crippen molar-refractivity contribution < 1.29 is 33.8 Å². The molecular formula is C21H23NO7. The lowest BCUT2D eigenvalue weighted by Gasteiger charge is -2.23. The van der Waals surface area contributed by atoms with E-state index in [9.17, 15) is 24.3 Å². The van der Waals surface area contributed by atoms with Crippen molar-refractivity contribution in [1.29, 1.82) is 0 Å². The largest absolute Gasteiger partial charge is 0.480 e. The van der Waals surface area contributed by atoms with Gasteiger partial charge in [0.2, 0.25) is 0 Å². The third-order valence-corrected chi connectivity index (χ3v) is 4.27. The number of benzene rings is 2. The number of carboxylic acid groups (broad SMARTS) is 1. The first-order valence-corrected chi connectivity index (χ1v) is 9.22. The second-order valence-corrected chi connectivity index (χ2v) is 6.18. The standard InChI is InChI=1S/C21H23NO7/c1-3-28-17(23)12-16(21(27)29-4-2)18(20(25)26)22-19(24)15-11-7-9-13-8-5-6-10-14(13)15/h5-11,16,18H,3-4,12H2,1-2H3,(H,22,24)(H,25,26)/t16-,18-/m1/s1. The summed E-state index contributed by atoms with van der Waals surface area (Å²) >= 11 is 0. The van der Waals surface area contributed by atoms with Gasteiger partial charge in [0.1, 0.15) is 6.04 Å². The summed E-state index contributed by atoms with van der Waals surface area (Å²) in [4.78, 5) is 48.9. The second-order valence-electron chi connectivity index (χ2n) is 6.18. The van der Waals surface area contributed by atoms with Crippen molar-refractivity contribution in [2.75, 3.05) is 13.2 Å². The zero-order valence-corrected chi connectivity index (χ0v) is 16.2. The van der Waals surface area contributed by atoms with E-state index >= 15 is 0 Å². The van der Waals surface area contributed by atoms with Gasteiger partial charge in [-0.25, -0.2) is 4.79 Å². The van der Waals surface area contributed by atoms with E-state index in [1.807, 2.05) is 18.2 Å². The van der Waals surface area contributed by atoms with Gasteiger partial charge in [-0.05, 0) is 30.7 Å². The van der Waals surface area contributed by atoms with Crippen molar-refractivity contribution >= 4 is 34.6 Å². The summed E-state index contributed by atoms with van der Waals surface area (Å²) in [7, 11) is 0. The fourth-order valence-corrected chi connectivity index (χ4v) is 2.96. The van der Waals surface area contributed by atoms with Gasteiger partial charge in [0.05, 0.1) is 25.6 Å². The molecule has 0 radical (unpaired) electrons. The molecule has 0 bridgehead atoms. The maximum atomic E-state index is 12.8. The molecule has 1 amide bonds. The summed E-state index contributed by atoms with van der Waals surface area (Å²) in [6.45, 7) is 3.23. The summed E-state index contributed by atoms with van der Waals surface area (Å²) in [6.07, 6.45) is -0.528. The zero-order valence-electron chi connectivity index (χ0n) is 16.2. The van der Waals surface area contributed by atoms with Crippen LogP contribution in [-0.4, -0.2) is 48.2 Å². The molecule has 0 saturated heterocycles. The molecule has 2 N–H and O–H groups in total. The SMILES string of the molecule is CCOC(=O)C[C@@H](C(=O)OCC)[C@@H](NC(=O)c1cccc2ccccc12)C(=O)O. The summed E-state index contributed by atoms with van der Waals surface area (Å²) in [5.41, 5.74) is 0.257. The number of carboxylic acids is 1. The molecule has 2 rings (SSSR count). The Hall–Kier alpha value is -3.42. The number of amides is 1. The van der Waals surface area contributed by atoms with Gasteiger partial charge < -0.3 is 19.9 Å². The van der Waals surface area contributed by atoms with Crippen LogP contribution in [0.2, 0.25) is 0 Å². The van der Waals surface area contributed by atoms with E-state index in [4.69, 9.17) is 9.47 Å². The molecule has 0 saturated carbocycles. The van der Waals surface area contributed by atoms with Crippen LogP contribution < -0.4 is 5.32 Å². The van der Waals surface area contributed by atoms with E-state index in [-0.39, 0.29) is 18.8 Å². The van der Waals surface area contributed by atoms with Crippen molar-refractivity contribution in [3.8, 4) is 0 Å². The van der Waals surface area contributed by atoms with E-state index in [1.165, 1.54) is 0 Å². The van der Waals surface area contributed by atoms with Crippen LogP contribution >= 0.6 is 0 Å². The van der Waals surface area contributed by atoms with Gasteiger partial charge >= 0.3 is 17.9 Å². The Labute approximate surface area is 167 Å². The molecule has 2 aromatic carbocycles. The van der Waals surface area contributed by atoms with Crippen LogP contribution in [0.1, 0.15) is 30.6 Å². The van der Waals surface area contributed by atoms with E-state index in [2.05, 4.69) is 5.32 Å². The highest BCUT2D eigenvalue weighted by Gasteiger charge is 2.38. The highest BCUT2D eigenvalue weighted by molar-refractivity contribution is 6.08. The monoisotopic (exact) mass is 401 g/mol. The van der Waals surface area contributed by atoms with Gasteiger partial charge in [-0.3, -0.25) is 14.4 Å². The highest BCUT2D eigenvalue weighted by atomic mass is 16.5. The molecule has 0 aliphatic carbocycles. The second kappa shape index (κ2) is 10.2. The number of nitrogens with one attached hydrogen (secondary N) is 1. The molecule has 2 aromatic rings. The third kappa shape index (κ3) is 5.54. The number of rotatable bonds is 9. The van der Waals surface area contributed by atoms with Crippen LogP contribution in [0.25, 0.3) is 10.8 Å². The Morgan fingerprint density at radius 2 is 1.62 bits per heavy atom. The smallest absolute Gasteiger partial charge is 0.327 e. The van der Waals surface area contributed by atoms with Crippen molar-refractivity contribution in [2.24, 2.45) is 5.92 Å². The van der Waals surface area contributed by atoms with Gasteiger partial charge in [-0.2, -0.15) is 0 Å². The molecule has 154 valence electrons. The minimum absolute atomic E-state index is 0.00175. The van der Waals surface area contributed by atoms with Crippen LogP contribution in [-0.2, 0) is 23.9 Å². The lowest BCUT2D eigenvalue weighted by atomic mass is 9.95. The molecule has 8 nitrogen and oxygen atoms in total. The van der Waals surface area contributed by atoms with Crippen molar-refractivity contribution in [2.45, 2.75) is 26.3 Å². The predicted molar refractivity (Wildman–Crippen MR) is 104 cm³/mol. The lowest BCUT2D eigenvalue weighted by Crippen LogP contribution is -2.49. The average Bonchev–Trinajstić information content (AvgIpc) is 2.70. The van der Waals surface area contributed by atoms with Crippen molar-refractivity contribution in [3.63, 3.8) is 0 Å². The number of esters is 2. The normalized spacial score (nSPS) is 12.6. The quantitative estimate of drug-likeness (QED) is 0.618. The number of aliphatic carboxylic acids is 1. The van der Waals surface area contributed by atoms with Crippen LogP contribution in [0.3, 0.4) is 0 Å². The van der Waals surface area contributed by atoms with Gasteiger partial charge in [-0.1, -0.05) is 36.4 Å². The molecule has 0 heterocycles. The van der Waals surface area contributed by atoms with Crippen molar-refractivity contribution in [3.05, 3.63) is 48.0 Å². The third-order valence-electron chi connectivity index (χ3n) is 4.27. The van der Waals surface area contributed by atoms with Crippen molar-refractivity contribution in [1.82, 2.24) is 5.32 Å². The fourth-order valence-electron chi connectivity index (χ4n) is 2.96. The molecule has 8 heteroatoms. The maximum absolute atomic E-state index is 12.8. The minimum Gasteiger partial charge on any atom is -0.480 e. The Balaban J connectivity index is 2.33. The average molecular weight is 401 g/mol. The molecule has 29 heavy (non-hydrogen) atoms. The number of ether oxygens (including phenoxy) is 2. The predicted octanol–water partition coefficient (Wildman–Crippen LogP) is 2.16. The van der Waals surface area contributed by atoms with E-state index in [1.54, 1.807) is 38.1 Å². The maximum Gasteiger partial charge on any atom is 0.327 e. The van der Waals surface area contributed by atoms with E-state index in [0.717, 1.165) is 5.39 Å². The lowest BCUT2D eigenvalue weighted by molar-refractivity contribution is -0.159. The van der Waals surface area contributed by atoms with Gasteiger partial charge in [0.25, 0.3) is 5.91 Å². The topological polar surface area (TPSA) is 119 Å². The van der Waals surface area contributed by atoms with E-state index < -0.39 is 42.2 Å². The number of carbonyl (C=O) groups is 4. The molecule has 0 aliphatic heterocycles. The van der Waals surface area contributed by atoms with Crippen LogP contribution in [0.4, 0.5) is 0 Å². The zero-order chi connectivity index (χ0) is 21.4. The summed E-state index contributed by atoms with van der Waals surface area (Å²) < 4.78 is 9.74. The molecule has 0 fully saturated rings. The minimum atomic E-state index is -1.66. The van der Waals surface area contributed by atoms with E-state index in [0.29, 0.717) is 5.39 Å². The number of carbonyl (C=O) groups excluding carboxylic acids is 3. The first-order valence-electron chi connectivity index (χ1n) is 9.22. The molecule has 2 atom stereocenters. The molecular weight excluding hydrogens is 378 g/mol. The van der Waals surface area contributed by atoms with Gasteiger partial charge in [-0.15, -0.1) is 0 Å². The van der Waals surface area contributed by atoms with Crippen LogP contribution in [0.15, 0.2) is 42.5 Å². The summed E-state index contributed by atoms with van der Waals surface area (Å²) in [5, 5.41) is 13.4. The molecule has 0 spiro atoms. The van der Waals surface area contributed by atoms with Gasteiger partial charge in [0.15, 0.2) is 0 Å². The number of hydrogen-bond acceptors (Lipinski definition) is 6.